The second kappa shape index (κ2) is 6.04. The molecule has 2 rings (SSSR count). The number of carbonyl (C=O) groups is 1. The minimum Gasteiger partial charge on any atom is -0.504 e. The second-order valence-electron chi connectivity index (χ2n) is 4.52. The van der Waals surface area contributed by atoms with E-state index in [-0.39, 0.29) is 29.4 Å². The van der Waals surface area contributed by atoms with Crippen LogP contribution in [-0.4, -0.2) is 21.3 Å². The first-order valence-corrected chi connectivity index (χ1v) is 6.26. The van der Waals surface area contributed by atoms with Crippen molar-refractivity contribution in [3.05, 3.63) is 42.0 Å². The molecule has 0 saturated carbocycles. The van der Waals surface area contributed by atoms with Crippen molar-refractivity contribution in [2.75, 3.05) is 5.73 Å². The highest BCUT2D eigenvalue weighted by Crippen LogP contribution is 2.28. The topological polar surface area (TPSA) is 113 Å². The summed E-state index contributed by atoms with van der Waals surface area (Å²) < 4.78 is 5.02. The summed E-state index contributed by atoms with van der Waals surface area (Å²) in [5.41, 5.74) is 6.60. The lowest BCUT2D eigenvalue weighted by Crippen LogP contribution is -2.09. The van der Waals surface area contributed by atoms with Gasteiger partial charge in [0.25, 0.3) is 0 Å². The van der Waals surface area contributed by atoms with Gasteiger partial charge in [0.05, 0.1) is 0 Å². The maximum atomic E-state index is 11.7. The molecule has 0 fully saturated rings. The Morgan fingerprint density at radius 1 is 1.00 bits per heavy atom. The zero-order valence-electron chi connectivity index (χ0n) is 11.1. The van der Waals surface area contributed by atoms with E-state index in [0.717, 1.165) is 0 Å². The van der Waals surface area contributed by atoms with Crippen molar-refractivity contribution in [2.45, 2.75) is 12.8 Å². The van der Waals surface area contributed by atoms with E-state index in [9.17, 15) is 20.1 Å². The molecule has 110 valence electrons. The zero-order chi connectivity index (χ0) is 15.4. The van der Waals surface area contributed by atoms with Gasteiger partial charge in [0.2, 0.25) is 0 Å². The molecule has 0 amide bonds. The summed E-state index contributed by atoms with van der Waals surface area (Å²) in [6, 6.07) is 8.52. The van der Waals surface area contributed by atoms with Gasteiger partial charge in [-0.15, -0.1) is 0 Å². The molecule has 0 aliphatic heterocycles. The van der Waals surface area contributed by atoms with Crippen molar-refractivity contribution in [3.8, 4) is 23.0 Å². The van der Waals surface area contributed by atoms with Gasteiger partial charge in [-0.2, -0.15) is 0 Å². The van der Waals surface area contributed by atoms with Gasteiger partial charge in [-0.25, -0.2) is 0 Å². The second-order valence-corrected chi connectivity index (χ2v) is 4.52. The Morgan fingerprint density at radius 2 is 1.71 bits per heavy atom. The molecular formula is C15H15NO5. The van der Waals surface area contributed by atoms with Gasteiger partial charge in [-0.3, -0.25) is 4.79 Å². The lowest BCUT2D eigenvalue weighted by Gasteiger charge is -2.07. The van der Waals surface area contributed by atoms with Crippen LogP contribution in [-0.2, 0) is 11.2 Å². The minimum absolute atomic E-state index is 0.00792. The summed E-state index contributed by atoms with van der Waals surface area (Å²) in [6.45, 7) is 0. The number of benzene rings is 2. The number of aryl methyl sites for hydroxylation is 1. The van der Waals surface area contributed by atoms with Crippen molar-refractivity contribution in [2.24, 2.45) is 0 Å². The molecular weight excluding hydrogens is 274 g/mol. The predicted octanol–water partition coefficient (Wildman–Crippen LogP) is 1.92. The number of anilines is 1. The number of rotatable bonds is 4. The minimum atomic E-state index is -0.538. The van der Waals surface area contributed by atoms with Crippen molar-refractivity contribution in [1.82, 2.24) is 0 Å². The quantitative estimate of drug-likeness (QED) is 0.225. The van der Waals surface area contributed by atoms with Crippen molar-refractivity contribution >= 4 is 11.7 Å². The molecule has 0 aliphatic carbocycles. The molecule has 0 aliphatic rings. The molecule has 6 nitrogen and oxygen atoms in total. The molecule has 0 heterocycles. The highest BCUT2D eigenvalue weighted by molar-refractivity contribution is 5.74. The summed E-state index contributed by atoms with van der Waals surface area (Å²) in [5.74, 6) is -1.16. The number of carbonyl (C=O) groups excluding carboxylic acids is 1. The molecule has 0 atom stereocenters. The fourth-order valence-corrected chi connectivity index (χ4v) is 1.76. The Labute approximate surface area is 121 Å². The van der Waals surface area contributed by atoms with Gasteiger partial charge in [0.15, 0.2) is 23.0 Å². The molecule has 6 heteroatoms. The smallest absolute Gasteiger partial charge is 0.311 e. The Hall–Kier alpha value is -2.89. The van der Waals surface area contributed by atoms with Crippen LogP contribution in [0.25, 0.3) is 0 Å². The summed E-state index contributed by atoms with van der Waals surface area (Å²) in [5, 5.41) is 28.1. The van der Waals surface area contributed by atoms with Crippen LogP contribution in [0.5, 0.6) is 23.0 Å². The van der Waals surface area contributed by atoms with Gasteiger partial charge in [-0.05, 0) is 36.2 Å². The summed E-state index contributed by atoms with van der Waals surface area (Å²) in [6.07, 6.45) is 0.383. The third kappa shape index (κ3) is 3.79. The number of nitrogens with two attached hydrogens (primary N) is 1. The average molecular weight is 289 g/mol. The molecule has 2 aromatic rings. The first kappa shape index (κ1) is 14.5. The number of esters is 1. The molecule has 0 spiro atoms. The molecule has 2 aromatic carbocycles. The van der Waals surface area contributed by atoms with E-state index >= 15 is 0 Å². The summed E-state index contributed by atoms with van der Waals surface area (Å²) in [7, 11) is 0. The molecule has 0 saturated heterocycles. The van der Waals surface area contributed by atoms with Crippen LogP contribution in [0.15, 0.2) is 36.4 Å². The number of hydrogen-bond donors (Lipinski definition) is 4. The fraction of sp³-hybridized carbons (Fsp3) is 0.133. The van der Waals surface area contributed by atoms with Crippen LogP contribution in [0.4, 0.5) is 5.69 Å². The van der Waals surface area contributed by atoms with E-state index in [1.807, 2.05) is 0 Å². The van der Waals surface area contributed by atoms with Gasteiger partial charge < -0.3 is 25.8 Å². The number of nitrogen functional groups attached to an aromatic ring is 1. The number of phenolic OH excluding ortho intramolecular Hbond substituents is 3. The summed E-state index contributed by atoms with van der Waals surface area (Å²) in [4.78, 5) is 11.7. The first-order valence-electron chi connectivity index (χ1n) is 6.26. The molecule has 0 radical (unpaired) electrons. The molecule has 0 aromatic heterocycles. The molecule has 0 unspecified atom stereocenters. The first-order chi connectivity index (χ1) is 9.95. The highest BCUT2D eigenvalue weighted by atomic mass is 16.5. The maximum absolute atomic E-state index is 11.7. The maximum Gasteiger partial charge on any atom is 0.311 e. The lowest BCUT2D eigenvalue weighted by atomic mass is 10.1. The van der Waals surface area contributed by atoms with E-state index in [1.54, 1.807) is 6.07 Å². The molecule has 21 heavy (non-hydrogen) atoms. The van der Waals surface area contributed by atoms with Gasteiger partial charge >= 0.3 is 5.97 Å². The number of aromatic hydroxyl groups is 3. The SMILES string of the molecule is Nc1ccc(O)c(OC(=O)CCc2ccc(O)c(O)c2)c1. The number of ether oxygens (including phenoxy) is 1. The largest absolute Gasteiger partial charge is 0.504 e. The predicted molar refractivity (Wildman–Crippen MR) is 76.2 cm³/mol. The van der Waals surface area contributed by atoms with Crippen LogP contribution < -0.4 is 10.5 Å². The van der Waals surface area contributed by atoms with Crippen molar-refractivity contribution in [3.63, 3.8) is 0 Å². The van der Waals surface area contributed by atoms with E-state index in [2.05, 4.69) is 0 Å². The van der Waals surface area contributed by atoms with E-state index < -0.39 is 5.97 Å². The van der Waals surface area contributed by atoms with Gasteiger partial charge in [0.1, 0.15) is 0 Å². The van der Waals surface area contributed by atoms with E-state index in [1.165, 1.54) is 30.3 Å². The Morgan fingerprint density at radius 3 is 2.43 bits per heavy atom. The third-order valence-corrected chi connectivity index (χ3v) is 2.87. The van der Waals surface area contributed by atoms with Crippen molar-refractivity contribution < 1.29 is 24.9 Å². The zero-order valence-corrected chi connectivity index (χ0v) is 11.1. The van der Waals surface area contributed by atoms with E-state index in [0.29, 0.717) is 17.7 Å². The lowest BCUT2D eigenvalue weighted by molar-refractivity contribution is -0.134. The van der Waals surface area contributed by atoms with Crippen LogP contribution >= 0.6 is 0 Å². The normalized spacial score (nSPS) is 10.3. The van der Waals surface area contributed by atoms with Crippen molar-refractivity contribution in [1.29, 1.82) is 0 Å². The van der Waals surface area contributed by atoms with Crippen LogP contribution in [0.3, 0.4) is 0 Å². The molecule has 5 N–H and O–H groups in total. The van der Waals surface area contributed by atoms with Crippen LogP contribution in [0, 0.1) is 0 Å². The van der Waals surface area contributed by atoms with Gasteiger partial charge in [-0.1, -0.05) is 6.07 Å². The highest BCUT2D eigenvalue weighted by Gasteiger charge is 2.10. The average Bonchev–Trinajstić information content (AvgIpc) is 2.44. The van der Waals surface area contributed by atoms with Crippen LogP contribution in [0.2, 0.25) is 0 Å². The Balaban J connectivity index is 1.95. The Kier molecular flexibility index (Phi) is 4.18. The number of phenols is 3. The van der Waals surface area contributed by atoms with Gasteiger partial charge in [0, 0.05) is 18.2 Å². The standard InChI is InChI=1S/C15H15NO5/c16-10-3-5-12(18)14(8-10)21-15(20)6-2-9-1-4-11(17)13(19)7-9/h1,3-5,7-8,17-19H,2,6,16H2. The Bertz CT molecular complexity index is 669. The fourth-order valence-electron chi connectivity index (χ4n) is 1.76. The summed E-state index contributed by atoms with van der Waals surface area (Å²) >= 11 is 0. The van der Waals surface area contributed by atoms with E-state index in [4.69, 9.17) is 10.5 Å². The van der Waals surface area contributed by atoms with Crippen LogP contribution in [0.1, 0.15) is 12.0 Å². The molecule has 0 bridgehead atoms. The number of hydrogen-bond acceptors (Lipinski definition) is 6. The third-order valence-electron chi connectivity index (χ3n) is 2.87. The monoisotopic (exact) mass is 289 g/mol.